The Morgan fingerprint density at radius 1 is 1.21 bits per heavy atom. The minimum Gasteiger partial charge on any atom is -0.496 e. The molecule has 1 aromatic rings. The van der Waals surface area contributed by atoms with Crippen LogP contribution in [0.5, 0.6) is 5.75 Å². The van der Waals surface area contributed by atoms with E-state index >= 15 is 0 Å². The quantitative estimate of drug-likeness (QED) is 0.730. The highest BCUT2D eigenvalue weighted by molar-refractivity contribution is 5.96. The second-order valence-corrected chi connectivity index (χ2v) is 3.75. The van der Waals surface area contributed by atoms with Crippen molar-refractivity contribution in [3.8, 4) is 5.75 Å². The maximum atomic E-state index is 12.0. The van der Waals surface area contributed by atoms with Gasteiger partial charge in [-0.1, -0.05) is 12.1 Å². The maximum Gasteiger partial charge on any atom is 0.255 e. The van der Waals surface area contributed by atoms with E-state index < -0.39 is 6.29 Å². The molecule has 0 atom stereocenters. The summed E-state index contributed by atoms with van der Waals surface area (Å²) < 4.78 is 15.9. The monoisotopic (exact) mass is 267 g/mol. The van der Waals surface area contributed by atoms with Crippen molar-refractivity contribution in [3.05, 3.63) is 29.8 Å². The van der Waals surface area contributed by atoms with E-state index in [0.717, 1.165) is 0 Å². The van der Waals surface area contributed by atoms with Crippen molar-refractivity contribution >= 4 is 5.91 Å². The first-order valence-corrected chi connectivity index (χ1v) is 6.37. The molecule has 0 heterocycles. The maximum absolute atomic E-state index is 12.0. The molecule has 0 saturated carbocycles. The zero-order chi connectivity index (χ0) is 14.1. The number of amides is 1. The van der Waals surface area contributed by atoms with Gasteiger partial charge in [0.25, 0.3) is 5.91 Å². The van der Waals surface area contributed by atoms with Crippen LogP contribution >= 0.6 is 0 Å². The molecule has 1 amide bonds. The Bertz CT molecular complexity index is 389. The summed E-state index contributed by atoms with van der Waals surface area (Å²) in [7, 11) is 1.54. The zero-order valence-electron chi connectivity index (χ0n) is 11.6. The Morgan fingerprint density at radius 3 is 2.42 bits per heavy atom. The molecule has 5 nitrogen and oxygen atoms in total. The van der Waals surface area contributed by atoms with Crippen molar-refractivity contribution < 1.29 is 19.0 Å². The Hall–Kier alpha value is -1.59. The van der Waals surface area contributed by atoms with Crippen molar-refractivity contribution in [2.45, 2.75) is 20.1 Å². The van der Waals surface area contributed by atoms with Crippen molar-refractivity contribution in [2.24, 2.45) is 0 Å². The highest BCUT2D eigenvalue weighted by Gasteiger charge is 2.14. The SMILES string of the molecule is CCOC(CNC(=O)c1ccccc1OC)OCC. The van der Waals surface area contributed by atoms with E-state index in [1.807, 2.05) is 19.9 Å². The van der Waals surface area contributed by atoms with E-state index in [9.17, 15) is 4.79 Å². The minimum atomic E-state index is -0.423. The van der Waals surface area contributed by atoms with Crippen LogP contribution in [0.4, 0.5) is 0 Å². The topological polar surface area (TPSA) is 56.8 Å². The predicted octanol–water partition coefficient (Wildman–Crippen LogP) is 1.82. The second kappa shape index (κ2) is 8.50. The first-order chi connectivity index (χ1) is 9.22. The molecule has 1 N–H and O–H groups in total. The van der Waals surface area contributed by atoms with Gasteiger partial charge in [0, 0.05) is 13.2 Å². The molecule has 1 rings (SSSR count). The molecule has 0 saturated heterocycles. The van der Waals surface area contributed by atoms with Gasteiger partial charge in [-0.15, -0.1) is 0 Å². The van der Waals surface area contributed by atoms with Gasteiger partial charge in [-0.05, 0) is 26.0 Å². The van der Waals surface area contributed by atoms with Crippen LogP contribution in [0, 0.1) is 0 Å². The molecule has 0 radical (unpaired) electrons. The Balaban J connectivity index is 2.58. The van der Waals surface area contributed by atoms with E-state index in [1.165, 1.54) is 7.11 Å². The van der Waals surface area contributed by atoms with Crippen LogP contribution in [0.3, 0.4) is 0 Å². The fraction of sp³-hybridized carbons (Fsp3) is 0.500. The largest absolute Gasteiger partial charge is 0.496 e. The first-order valence-electron chi connectivity index (χ1n) is 6.37. The number of carbonyl (C=O) groups is 1. The Kier molecular flexibility index (Phi) is 6.92. The minimum absolute atomic E-state index is 0.207. The molecule has 19 heavy (non-hydrogen) atoms. The highest BCUT2D eigenvalue weighted by atomic mass is 16.7. The van der Waals surface area contributed by atoms with E-state index in [4.69, 9.17) is 14.2 Å². The van der Waals surface area contributed by atoms with E-state index in [2.05, 4.69) is 5.32 Å². The molecule has 106 valence electrons. The summed E-state index contributed by atoms with van der Waals surface area (Å²) in [6.07, 6.45) is -0.423. The summed E-state index contributed by atoms with van der Waals surface area (Å²) in [6.45, 7) is 5.14. The summed E-state index contributed by atoms with van der Waals surface area (Å²) >= 11 is 0. The fourth-order valence-electron chi connectivity index (χ4n) is 1.64. The van der Waals surface area contributed by atoms with Gasteiger partial charge in [-0.3, -0.25) is 4.79 Å². The van der Waals surface area contributed by atoms with Crippen molar-refractivity contribution in [2.75, 3.05) is 26.9 Å². The van der Waals surface area contributed by atoms with Crippen LogP contribution in [-0.4, -0.2) is 39.1 Å². The number of ether oxygens (including phenoxy) is 3. The normalized spacial score (nSPS) is 10.5. The summed E-state index contributed by atoms with van der Waals surface area (Å²) in [4.78, 5) is 12.0. The highest BCUT2D eigenvalue weighted by Crippen LogP contribution is 2.16. The number of methoxy groups -OCH3 is 1. The second-order valence-electron chi connectivity index (χ2n) is 3.75. The molecule has 0 aliphatic carbocycles. The molecular formula is C14H21NO4. The van der Waals surface area contributed by atoms with Gasteiger partial charge in [-0.2, -0.15) is 0 Å². The predicted molar refractivity (Wildman–Crippen MR) is 72.4 cm³/mol. The molecule has 0 aromatic heterocycles. The van der Waals surface area contributed by atoms with Crippen molar-refractivity contribution in [3.63, 3.8) is 0 Å². The van der Waals surface area contributed by atoms with E-state index in [0.29, 0.717) is 31.1 Å². The summed E-state index contributed by atoms with van der Waals surface area (Å²) in [5.41, 5.74) is 0.497. The number of hydrogen-bond donors (Lipinski definition) is 1. The summed E-state index contributed by atoms with van der Waals surface area (Å²) in [5.74, 6) is 0.339. The molecule has 0 bridgehead atoms. The van der Waals surface area contributed by atoms with E-state index in [-0.39, 0.29) is 5.91 Å². The fourth-order valence-corrected chi connectivity index (χ4v) is 1.64. The average Bonchev–Trinajstić information content (AvgIpc) is 2.44. The van der Waals surface area contributed by atoms with Gasteiger partial charge < -0.3 is 19.5 Å². The van der Waals surface area contributed by atoms with Gasteiger partial charge in [-0.25, -0.2) is 0 Å². The van der Waals surface area contributed by atoms with Crippen LogP contribution < -0.4 is 10.1 Å². The third-order valence-electron chi connectivity index (χ3n) is 2.49. The lowest BCUT2D eigenvalue weighted by molar-refractivity contribution is -0.131. The molecule has 0 unspecified atom stereocenters. The van der Waals surface area contributed by atoms with Gasteiger partial charge in [0.15, 0.2) is 6.29 Å². The number of nitrogens with one attached hydrogen (secondary N) is 1. The molecule has 0 spiro atoms. The summed E-state index contributed by atoms with van der Waals surface area (Å²) in [6, 6.07) is 7.07. The molecule has 0 aliphatic rings. The van der Waals surface area contributed by atoms with Crippen molar-refractivity contribution in [1.29, 1.82) is 0 Å². The third-order valence-corrected chi connectivity index (χ3v) is 2.49. The average molecular weight is 267 g/mol. The van der Waals surface area contributed by atoms with Gasteiger partial charge >= 0.3 is 0 Å². The standard InChI is InChI=1S/C14H21NO4/c1-4-18-13(19-5-2)10-15-14(16)11-8-6-7-9-12(11)17-3/h6-9,13H,4-5,10H2,1-3H3,(H,15,16). The third kappa shape index (κ3) is 4.89. The number of hydrogen-bond acceptors (Lipinski definition) is 4. The lowest BCUT2D eigenvalue weighted by Crippen LogP contribution is -2.35. The number of benzene rings is 1. The van der Waals surface area contributed by atoms with Gasteiger partial charge in [0.05, 0.1) is 19.2 Å². The van der Waals surface area contributed by atoms with Crippen LogP contribution in [0.2, 0.25) is 0 Å². The smallest absolute Gasteiger partial charge is 0.255 e. The number of rotatable bonds is 8. The van der Waals surface area contributed by atoms with Crippen LogP contribution in [0.15, 0.2) is 24.3 Å². The molecular weight excluding hydrogens is 246 g/mol. The first kappa shape index (κ1) is 15.5. The van der Waals surface area contributed by atoms with Crippen LogP contribution in [0.25, 0.3) is 0 Å². The van der Waals surface area contributed by atoms with E-state index in [1.54, 1.807) is 18.2 Å². The Morgan fingerprint density at radius 2 is 1.84 bits per heavy atom. The number of carbonyl (C=O) groups excluding carboxylic acids is 1. The Labute approximate surface area is 113 Å². The lowest BCUT2D eigenvalue weighted by Gasteiger charge is -2.17. The van der Waals surface area contributed by atoms with Gasteiger partial charge in [0.2, 0.25) is 0 Å². The molecule has 0 fully saturated rings. The van der Waals surface area contributed by atoms with Crippen LogP contribution in [0.1, 0.15) is 24.2 Å². The lowest BCUT2D eigenvalue weighted by atomic mass is 10.2. The molecule has 1 aromatic carbocycles. The van der Waals surface area contributed by atoms with Crippen LogP contribution in [-0.2, 0) is 9.47 Å². The van der Waals surface area contributed by atoms with Crippen molar-refractivity contribution in [1.82, 2.24) is 5.32 Å². The number of para-hydroxylation sites is 1. The molecule has 0 aliphatic heterocycles. The molecule has 5 heteroatoms. The zero-order valence-corrected chi connectivity index (χ0v) is 11.6. The summed E-state index contributed by atoms with van der Waals surface area (Å²) in [5, 5.41) is 2.77. The van der Waals surface area contributed by atoms with Gasteiger partial charge in [0.1, 0.15) is 5.75 Å².